The molecule has 4 rings (SSSR count). The van der Waals surface area contributed by atoms with Crippen molar-refractivity contribution in [2.45, 2.75) is 51.6 Å². The fourth-order valence-corrected chi connectivity index (χ4v) is 4.24. The predicted octanol–water partition coefficient (Wildman–Crippen LogP) is 4.43. The van der Waals surface area contributed by atoms with Crippen LogP contribution in [-0.4, -0.2) is 35.8 Å². The van der Waals surface area contributed by atoms with Crippen molar-refractivity contribution < 1.29 is 4.74 Å². The summed E-state index contributed by atoms with van der Waals surface area (Å²) < 4.78 is 7.42. The van der Waals surface area contributed by atoms with Crippen LogP contribution in [0.3, 0.4) is 0 Å². The average molecular weight is 421 g/mol. The Balaban J connectivity index is 1.83. The summed E-state index contributed by atoms with van der Waals surface area (Å²) in [5.74, 6) is 1.38. The van der Waals surface area contributed by atoms with Crippen molar-refractivity contribution in [2.75, 3.05) is 25.5 Å². The fourth-order valence-electron chi connectivity index (χ4n) is 4.24. The van der Waals surface area contributed by atoms with Gasteiger partial charge in [-0.25, -0.2) is 4.98 Å². The summed E-state index contributed by atoms with van der Waals surface area (Å²) in [6.07, 6.45) is 5.66. The van der Waals surface area contributed by atoms with Crippen LogP contribution in [-0.2, 0) is 6.54 Å². The van der Waals surface area contributed by atoms with Crippen LogP contribution in [0.4, 0.5) is 5.69 Å². The van der Waals surface area contributed by atoms with E-state index in [1.807, 2.05) is 47.0 Å². The molecule has 0 bridgehead atoms. The third-order valence-corrected chi connectivity index (χ3v) is 5.98. The molecule has 1 unspecified atom stereocenters. The number of methoxy groups -OCH3 is 1. The van der Waals surface area contributed by atoms with Gasteiger partial charge in [0.1, 0.15) is 11.6 Å². The highest BCUT2D eigenvalue weighted by Gasteiger charge is 2.20. The van der Waals surface area contributed by atoms with Crippen LogP contribution in [0.25, 0.3) is 22.3 Å². The Morgan fingerprint density at radius 3 is 2.87 bits per heavy atom. The minimum Gasteiger partial charge on any atom is -0.496 e. The van der Waals surface area contributed by atoms with E-state index in [0.29, 0.717) is 23.3 Å². The SMILES string of the molecule is CCCCNc1ccc2nc(-c3ccccc3OC)n(CC3CCCCN3)c(=O)c2c1. The summed E-state index contributed by atoms with van der Waals surface area (Å²) in [5.41, 5.74) is 2.51. The zero-order valence-electron chi connectivity index (χ0n) is 18.5. The van der Waals surface area contributed by atoms with Crippen LogP contribution in [0.1, 0.15) is 39.0 Å². The summed E-state index contributed by atoms with van der Waals surface area (Å²) >= 11 is 0. The molecular weight excluding hydrogens is 388 g/mol. The van der Waals surface area contributed by atoms with Crippen LogP contribution in [0, 0.1) is 0 Å². The van der Waals surface area contributed by atoms with E-state index in [4.69, 9.17) is 9.72 Å². The van der Waals surface area contributed by atoms with Gasteiger partial charge in [-0.3, -0.25) is 9.36 Å². The van der Waals surface area contributed by atoms with Crippen molar-refractivity contribution in [3.63, 3.8) is 0 Å². The quantitative estimate of drug-likeness (QED) is 0.528. The molecule has 0 amide bonds. The van der Waals surface area contributed by atoms with E-state index in [0.717, 1.165) is 49.4 Å². The molecule has 3 aromatic rings. The highest BCUT2D eigenvalue weighted by atomic mass is 16.5. The molecule has 1 aromatic heterocycles. The Labute approximate surface area is 183 Å². The lowest BCUT2D eigenvalue weighted by Gasteiger charge is -2.25. The molecule has 0 saturated carbocycles. The third kappa shape index (κ3) is 4.74. The van der Waals surface area contributed by atoms with Gasteiger partial charge in [0.2, 0.25) is 0 Å². The van der Waals surface area contributed by atoms with E-state index >= 15 is 0 Å². The average Bonchev–Trinajstić information content (AvgIpc) is 2.82. The Morgan fingerprint density at radius 2 is 2.10 bits per heavy atom. The van der Waals surface area contributed by atoms with Crippen LogP contribution >= 0.6 is 0 Å². The molecule has 164 valence electrons. The summed E-state index contributed by atoms with van der Waals surface area (Å²) in [5, 5.41) is 7.64. The van der Waals surface area contributed by atoms with E-state index < -0.39 is 0 Å². The molecule has 0 aliphatic carbocycles. The first-order valence-corrected chi connectivity index (χ1v) is 11.4. The van der Waals surface area contributed by atoms with Gasteiger partial charge in [-0.2, -0.15) is 0 Å². The molecule has 1 saturated heterocycles. The van der Waals surface area contributed by atoms with Gasteiger partial charge in [-0.1, -0.05) is 31.9 Å². The standard InChI is InChI=1S/C25H32N4O2/c1-3-4-14-26-18-12-13-22-21(16-18)25(30)29(17-19-9-7-8-15-27-19)24(28-22)20-10-5-6-11-23(20)31-2/h5-6,10-13,16,19,26-27H,3-4,7-9,14-15,17H2,1-2H3. The first-order chi connectivity index (χ1) is 15.2. The van der Waals surface area contributed by atoms with Crippen molar-refractivity contribution in [1.82, 2.24) is 14.9 Å². The summed E-state index contributed by atoms with van der Waals surface area (Å²) in [6.45, 7) is 4.66. The molecule has 1 fully saturated rings. The molecule has 31 heavy (non-hydrogen) atoms. The maximum absolute atomic E-state index is 13.7. The predicted molar refractivity (Wildman–Crippen MR) is 127 cm³/mol. The smallest absolute Gasteiger partial charge is 0.261 e. The minimum atomic E-state index is -0.00239. The van der Waals surface area contributed by atoms with Crippen LogP contribution in [0.15, 0.2) is 47.3 Å². The summed E-state index contributed by atoms with van der Waals surface area (Å²) in [7, 11) is 1.65. The van der Waals surface area contributed by atoms with Crippen molar-refractivity contribution in [2.24, 2.45) is 0 Å². The summed E-state index contributed by atoms with van der Waals surface area (Å²) in [4.78, 5) is 18.7. The third-order valence-electron chi connectivity index (χ3n) is 5.98. The van der Waals surface area contributed by atoms with Gasteiger partial charge in [-0.15, -0.1) is 0 Å². The van der Waals surface area contributed by atoms with Gasteiger partial charge in [-0.05, 0) is 56.1 Å². The van der Waals surface area contributed by atoms with Crippen molar-refractivity contribution in [1.29, 1.82) is 0 Å². The highest BCUT2D eigenvalue weighted by molar-refractivity contribution is 5.83. The zero-order chi connectivity index (χ0) is 21.6. The van der Waals surface area contributed by atoms with E-state index in [1.54, 1.807) is 7.11 Å². The largest absolute Gasteiger partial charge is 0.496 e. The molecular formula is C25H32N4O2. The molecule has 2 aromatic carbocycles. The zero-order valence-corrected chi connectivity index (χ0v) is 18.5. The molecule has 6 nitrogen and oxygen atoms in total. The lowest BCUT2D eigenvalue weighted by atomic mass is 10.0. The van der Waals surface area contributed by atoms with Gasteiger partial charge in [0.25, 0.3) is 5.56 Å². The second-order valence-electron chi connectivity index (χ2n) is 8.21. The lowest BCUT2D eigenvalue weighted by Crippen LogP contribution is -2.40. The van der Waals surface area contributed by atoms with E-state index in [-0.39, 0.29) is 11.6 Å². The van der Waals surface area contributed by atoms with E-state index in [9.17, 15) is 4.79 Å². The number of para-hydroxylation sites is 1. The second-order valence-corrected chi connectivity index (χ2v) is 8.21. The Bertz CT molecular complexity index is 1090. The topological polar surface area (TPSA) is 68.2 Å². The molecule has 1 aliphatic rings. The number of unbranched alkanes of at least 4 members (excludes halogenated alkanes) is 1. The number of benzene rings is 2. The number of aromatic nitrogens is 2. The minimum absolute atomic E-state index is 0.00239. The monoisotopic (exact) mass is 420 g/mol. The van der Waals surface area contributed by atoms with Gasteiger partial charge in [0.15, 0.2) is 0 Å². The van der Waals surface area contributed by atoms with Gasteiger partial charge >= 0.3 is 0 Å². The molecule has 1 atom stereocenters. The van der Waals surface area contributed by atoms with Crippen LogP contribution in [0.5, 0.6) is 5.75 Å². The molecule has 1 aliphatic heterocycles. The number of nitrogens with one attached hydrogen (secondary N) is 2. The van der Waals surface area contributed by atoms with Crippen LogP contribution < -0.4 is 20.9 Å². The fraction of sp³-hybridized carbons (Fsp3) is 0.440. The number of fused-ring (bicyclic) bond motifs is 1. The van der Waals surface area contributed by atoms with Crippen molar-refractivity contribution >= 4 is 16.6 Å². The number of piperidine rings is 1. The molecule has 0 radical (unpaired) electrons. The molecule has 2 heterocycles. The maximum atomic E-state index is 13.7. The highest BCUT2D eigenvalue weighted by Crippen LogP contribution is 2.29. The number of hydrogen-bond acceptors (Lipinski definition) is 5. The van der Waals surface area contributed by atoms with Gasteiger partial charge in [0, 0.05) is 24.8 Å². The number of anilines is 1. The maximum Gasteiger partial charge on any atom is 0.261 e. The number of nitrogens with zero attached hydrogens (tertiary/aromatic N) is 2. The molecule has 0 spiro atoms. The van der Waals surface area contributed by atoms with Gasteiger partial charge in [0.05, 0.1) is 23.6 Å². The Hall–Kier alpha value is -2.86. The second kappa shape index (κ2) is 9.96. The molecule has 2 N–H and O–H groups in total. The van der Waals surface area contributed by atoms with E-state index in [2.05, 4.69) is 17.6 Å². The first kappa shape index (κ1) is 21.4. The Kier molecular flexibility index (Phi) is 6.87. The van der Waals surface area contributed by atoms with Crippen molar-refractivity contribution in [3.8, 4) is 17.1 Å². The van der Waals surface area contributed by atoms with Crippen LogP contribution in [0.2, 0.25) is 0 Å². The number of ether oxygens (including phenoxy) is 1. The van der Waals surface area contributed by atoms with E-state index in [1.165, 1.54) is 12.8 Å². The number of rotatable bonds is 8. The summed E-state index contributed by atoms with van der Waals surface area (Å²) in [6, 6.07) is 13.9. The number of hydrogen-bond donors (Lipinski definition) is 2. The molecule has 6 heteroatoms. The first-order valence-electron chi connectivity index (χ1n) is 11.4. The normalized spacial score (nSPS) is 16.4. The lowest BCUT2D eigenvalue weighted by molar-refractivity contribution is 0.360. The van der Waals surface area contributed by atoms with Gasteiger partial charge < -0.3 is 15.4 Å². The van der Waals surface area contributed by atoms with Crippen molar-refractivity contribution in [3.05, 3.63) is 52.8 Å². The Morgan fingerprint density at radius 1 is 1.23 bits per heavy atom.